The number of methoxy groups -OCH3 is 2. The van der Waals surface area contributed by atoms with Gasteiger partial charge in [-0.25, -0.2) is 0 Å². The minimum Gasteiger partial charge on any atom is -0.493 e. The van der Waals surface area contributed by atoms with Crippen molar-refractivity contribution in [3.05, 3.63) is 22.7 Å². The third kappa shape index (κ3) is 2.22. The average molecular weight is 257 g/mol. The lowest BCUT2D eigenvalue weighted by molar-refractivity contribution is 0.0619. The van der Waals surface area contributed by atoms with Gasteiger partial charge in [-0.3, -0.25) is 0 Å². The van der Waals surface area contributed by atoms with Crippen molar-refractivity contribution in [3.8, 4) is 11.5 Å². The van der Waals surface area contributed by atoms with E-state index in [-0.39, 0.29) is 0 Å². The molecule has 17 heavy (non-hydrogen) atoms. The summed E-state index contributed by atoms with van der Waals surface area (Å²) in [7, 11) is 3.11. The number of aliphatic hydroxyl groups excluding tert-OH is 1. The lowest BCUT2D eigenvalue weighted by atomic mass is 9.79. The van der Waals surface area contributed by atoms with E-state index in [0.29, 0.717) is 22.4 Å². The van der Waals surface area contributed by atoms with Crippen LogP contribution in [0.2, 0.25) is 5.02 Å². The Hall–Kier alpha value is -0.930. The van der Waals surface area contributed by atoms with Gasteiger partial charge in [-0.1, -0.05) is 24.1 Å². The molecule has 0 aromatic heterocycles. The molecule has 1 aromatic rings. The van der Waals surface area contributed by atoms with Gasteiger partial charge in [0.25, 0.3) is 0 Å². The van der Waals surface area contributed by atoms with Crippen LogP contribution >= 0.6 is 11.6 Å². The molecule has 2 rings (SSSR count). The molecule has 4 heteroatoms. The van der Waals surface area contributed by atoms with Crippen LogP contribution in [-0.2, 0) is 0 Å². The molecule has 3 nitrogen and oxygen atoms in total. The van der Waals surface area contributed by atoms with E-state index in [1.165, 1.54) is 6.42 Å². The van der Waals surface area contributed by atoms with Crippen molar-refractivity contribution in [1.29, 1.82) is 0 Å². The number of aliphatic hydroxyl groups is 1. The predicted octanol–water partition coefficient (Wildman–Crippen LogP) is 3.19. The monoisotopic (exact) mass is 256 g/mol. The van der Waals surface area contributed by atoms with Gasteiger partial charge in [-0.05, 0) is 24.8 Å². The third-order valence-electron chi connectivity index (χ3n) is 3.43. The fraction of sp³-hybridized carbons (Fsp3) is 0.538. The zero-order valence-electron chi connectivity index (χ0n) is 10.1. The first-order valence-electron chi connectivity index (χ1n) is 5.77. The lowest BCUT2D eigenvalue weighted by Gasteiger charge is -2.31. The zero-order valence-corrected chi connectivity index (χ0v) is 10.8. The number of rotatable bonds is 4. The predicted molar refractivity (Wildman–Crippen MR) is 66.9 cm³/mol. The average Bonchev–Trinajstić information content (AvgIpc) is 2.25. The number of halogens is 1. The molecule has 94 valence electrons. The highest BCUT2D eigenvalue weighted by molar-refractivity contribution is 6.33. The summed E-state index contributed by atoms with van der Waals surface area (Å²) in [4.78, 5) is 0. The van der Waals surface area contributed by atoms with Crippen molar-refractivity contribution in [2.45, 2.75) is 25.4 Å². The molecule has 1 aliphatic carbocycles. The van der Waals surface area contributed by atoms with Gasteiger partial charge in [-0.15, -0.1) is 0 Å². The summed E-state index contributed by atoms with van der Waals surface area (Å²) in [5.74, 6) is 1.40. The maximum absolute atomic E-state index is 10.2. The molecule has 1 aromatic carbocycles. The van der Waals surface area contributed by atoms with Crippen molar-refractivity contribution >= 4 is 11.6 Å². The summed E-state index contributed by atoms with van der Waals surface area (Å²) in [6, 6.07) is 3.59. The van der Waals surface area contributed by atoms with Crippen molar-refractivity contribution in [2.24, 2.45) is 5.92 Å². The highest BCUT2D eigenvalue weighted by atomic mass is 35.5. The van der Waals surface area contributed by atoms with Crippen molar-refractivity contribution in [1.82, 2.24) is 0 Å². The first-order chi connectivity index (χ1) is 8.19. The Morgan fingerprint density at radius 3 is 2.47 bits per heavy atom. The molecule has 1 unspecified atom stereocenters. The van der Waals surface area contributed by atoms with Crippen LogP contribution in [-0.4, -0.2) is 19.3 Å². The van der Waals surface area contributed by atoms with Crippen LogP contribution in [0.5, 0.6) is 11.5 Å². The van der Waals surface area contributed by atoms with Gasteiger partial charge in [0, 0.05) is 5.56 Å². The standard InChI is InChI=1S/C13H17ClO3/c1-16-10-7-6-9(11(14)13(10)17-2)12(15)8-4-3-5-8/h6-8,12,15H,3-5H2,1-2H3. The minimum absolute atomic E-state index is 0.325. The molecule has 0 aliphatic heterocycles. The van der Waals surface area contributed by atoms with E-state index in [1.807, 2.05) is 6.07 Å². The molecule has 1 fully saturated rings. The second-order valence-electron chi connectivity index (χ2n) is 4.34. The summed E-state index contributed by atoms with van der Waals surface area (Å²) in [6.45, 7) is 0. The second kappa shape index (κ2) is 5.15. The van der Waals surface area contributed by atoms with Gasteiger partial charge in [0.15, 0.2) is 11.5 Å². The first kappa shape index (κ1) is 12.5. The fourth-order valence-corrected chi connectivity index (χ4v) is 2.49. The molecule has 0 amide bonds. The van der Waals surface area contributed by atoms with Gasteiger partial charge in [-0.2, -0.15) is 0 Å². The fourth-order valence-electron chi connectivity index (χ4n) is 2.14. The molecule has 1 aliphatic rings. The number of benzene rings is 1. The van der Waals surface area contributed by atoms with Crippen LogP contribution in [0.4, 0.5) is 0 Å². The quantitative estimate of drug-likeness (QED) is 0.899. The minimum atomic E-state index is -0.504. The molecule has 1 saturated carbocycles. The summed E-state index contributed by atoms with van der Waals surface area (Å²) in [6.07, 6.45) is 2.81. The van der Waals surface area contributed by atoms with Gasteiger partial charge >= 0.3 is 0 Å². The summed E-state index contributed by atoms with van der Waals surface area (Å²) in [5, 5.41) is 10.7. The Labute approximate surface area is 106 Å². The van der Waals surface area contributed by atoms with E-state index in [4.69, 9.17) is 21.1 Å². The van der Waals surface area contributed by atoms with Gasteiger partial charge in [0.05, 0.1) is 25.3 Å². The van der Waals surface area contributed by atoms with Crippen LogP contribution in [0.25, 0.3) is 0 Å². The van der Waals surface area contributed by atoms with E-state index in [9.17, 15) is 5.11 Å². The molecule has 0 spiro atoms. The normalized spacial score (nSPS) is 17.4. The Morgan fingerprint density at radius 1 is 1.29 bits per heavy atom. The van der Waals surface area contributed by atoms with Crippen molar-refractivity contribution in [3.63, 3.8) is 0 Å². The molecular formula is C13H17ClO3. The maximum Gasteiger partial charge on any atom is 0.179 e. The summed E-state index contributed by atoms with van der Waals surface area (Å²) >= 11 is 6.25. The third-order valence-corrected chi connectivity index (χ3v) is 3.82. The van der Waals surface area contributed by atoms with Crippen molar-refractivity contribution in [2.75, 3.05) is 14.2 Å². The molecule has 0 saturated heterocycles. The Balaban J connectivity index is 2.34. The van der Waals surface area contributed by atoms with E-state index in [1.54, 1.807) is 20.3 Å². The molecule has 1 N–H and O–H groups in total. The zero-order chi connectivity index (χ0) is 12.4. The van der Waals surface area contributed by atoms with Gasteiger partial charge in [0.2, 0.25) is 0 Å². The van der Waals surface area contributed by atoms with Crippen LogP contribution in [0.15, 0.2) is 12.1 Å². The number of hydrogen-bond acceptors (Lipinski definition) is 3. The van der Waals surface area contributed by atoms with Crippen LogP contribution < -0.4 is 9.47 Å². The smallest absolute Gasteiger partial charge is 0.179 e. The molecule has 0 heterocycles. The summed E-state index contributed by atoms with van der Waals surface area (Å²) in [5.41, 5.74) is 0.731. The number of ether oxygens (including phenoxy) is 2. The Kier molecular flexibility index (Phi) is 3.79. The maximum atomic E-state index is 10.2. The van der Waals surface area contributed by atoms with E-state index >= 15 is 0 Å². The number of hydrogen-bond donors (Lipinski definition) is 1. The van der Waals surface area contributed by atoms with Crippen molar-refractivity contribution < 1.29 is 14.6 Å². The lowest BCUT2D eigenvalue weighted by Crippen LogP contribution is -2.20. The molecular weight excluding hydrogens is 240 g/mol. The van der Waals surface area contributed by atoms with E-state index < -0.39 is 6.10 Å². The Bertz CT molecular complexity index is 402. The first-order valence-corrected chi connectivity index (χ1v) is 6.15. The molecule has 0 bridgehead atoms. The van der Waals surface area contributed by atoms with E-state index in [2.05, 4.69) is 0 Å². The summed E-state index contributed by atoms with van der Waals surface area (Å²) < 4.78 is 10.4. The second-order valence-corrected chi connectivity index (χ2v) is 4.72. The molecule has 0 radical (unpaired) electrons. The van der Waals surface area contributed by atoms with Crippen LogP contribution in [0.1, 0.15) is 30.9 Å². The molecule has 1 atom stereocenters. The largest absolute Gasteiger partial charge is 0.493 e. The Morgan fingerprint density at radius 2 is 2.00 bits per heavy atom. The highest BCUT2D eigenvalue weighted by Crippen LogP contribution is 2.44. The highest BCUT2D eigenvalue weighted by Gasteiger charge is 2.29. The van der Waals surface area contributed by atoms with Crippen LogP contribution in [0, 0.1) is 5.92 Å². The SMILES string of the molecule is COc1ccc(C(O)C2CCC2)c(Cl)c1OC. The topological polar surface area (TPSA) is 38.7 Å². The van der Waals surface area contributed by atoms with Gasteiger partial charge < -0.3 is 14.6 Å². The van der Waals surface area contributed by atoms with Crippen LogP contribution in [0.3, 0.4) is 0 Å². The van der Waals surface area contributed by atoms with E-state index in [0.717, 1.165) is 18.4 Å². The van der Waals surface area contributed by atoms with Gasteiger partial charge in [0.1, 0.15) is 0 Å².